The highest BCUT2D eigenvalue weighted by molar-refractivity contribution is 6.23. The third kappa shape index (κ3) is 4.30. The smallest absolute Gasteiger partial charge is 0.282 e. The number of benzene rings is 1. The maximum absolute atomic E-state index is 13.1. The van der Waals surface area contributed by atoms with Crippen molar-refractivity contribution in [1.82, 2.24) is 10.2 Å². The minimum atomic E-state index is -1.11. The first-order valence-corrected chi connectivity index (χ1v) is 14.2. The summed E-state index contributed by atoms with van der Waals surface area (Å²) in [5.74, 6) is -1.35. The standard InChI is InChI=1S/C30H38N4O5/c1-16(2)9-23(26(31)36)32-27(37)21-10-19-13-30(39)25-11-18-5-6-20(35)12-22(18)29(30,14-24(19)33-28(21)38)7-8-34(25)15-17-3-4-17/h5-6,10,12,16-17,19,23,25,35,39H,3-4,7-9,11,13-15H2,1-2H3,(H2,31,36)(H,32,37)/t19?,23-,25+,29+,30+/m0/s1. The van der Waals surface area contributed by atoms with E-state index < -0.39 is 34.8 Å². The molecule has 1 saturated heterocycles. The molecule has 5 atom stereocenters. The Bertz CT molecular complexity index is 1300. The summed E-state index contributed by atoms with van der Waals surface area (Å²) in [5, 5.41) is 25.7. The highest BCUT2D eigenvalue weighted by atomic mass is 16.3. The quantitative estimate of drug-likeness (QED) is 0.392. The monoisotopic (exact) mass is 534 g/mol. The molecule has 2 heterocycles. The molecule has 3 aliphatic carbocycles. The molecule has 1 aromatic carbocycles. The molecule has 3 amide bonds. The van der Waals surface area contributed by atoms with Gasteiger partial charge in [-0.1, -0.05) is 26.0 Å². The fraction of sp³-hybridized carbons (Fsp3) is 0.600. The van der Waals surface area contributed by atoms with Crippen LogP contribution in [-0.2, 0) is 26.2 Å². The Morgan fingerprint density at radius 3 is 2.74 bits per heavy atom. The third-order valence-corrected chi connectivity index (χ3v) is 9.74. The van der Waals surface area contributed by atoms with Crippen molar-refractivity contribution in [2.24, 2.45) is 28.5 Å². The number of dihydropyridines is 1. The number of allylic oxidation sites excluding steroid dienone is 1. The number of nitrogens with one attached hydrogen (secondary N) is 1. The lowest BCUT2D eigenvalue weighted by atomic mass is 9.47. The normalized spacial score (nSPS) is 32.4. The molecule has 9 heteroatoms. The summed E-state index contributed by atoms with van der Waals surface area (Å²) in [4.78, 5) is 45.0. The number of carbonyl (C=O) groups is 3. The number of hydrogen-bond acceptors (Lipinski definition) is 6. The molecule has 0 aromatic heterocycles. The van der Waals surface area contributed by atoms with Crippen molar-refractivity contribution >= 4 is 23.4 Å². The highest BCUT2D eigenvalue weighted by Crippen LogP contribution is 2.59. The van der Waals surface area contributed by atoms with Crippen LogP contribution in [0.15, 0.2) is 34.8 Å². The average molecular weight is 535 g/mol. The number of nitrogens with zero attached hydrogens (tertiary/aromatic N) is 2. The zero-order valence-electron chi connectivity index (χ0n) is 22.7. The molecule has 0 radical (unpaired) electrons. The molecule has 2 bridgehead atoms. The van der Waals surface area contributed by atoms with Gasteiger partial charge in [0.05, 0.1) is 5.60 Å². The number of nitrogens with two attached hydrogens (primary N) is 1. The van der Waals surface area contributed by atoms with Crippen molar-refractivity contribution < 1.29 is 24.6 Å². The fourth-order valence-electron chi connectivity index (χ4n) is 7.67. The number of hydrogen-bond donors (Lipinski definition) is 4. The molecule has 1 unspecified atom stereocenters. The number of amides is 3. The summed E-state index contributed by atoms with van der Waals surface area (Å²) in [7, 11) is 0. The second-order valence-corrected chi connectivity index (χ2v) is 12.8. The van der Waals surface area contributed by atoms with Gasteiger partial charge in [-0.2, -0.15) is 0 Å². The molecule has 2 aliphatic heterocycles. The Morgan fingerprint density at radius 2 is 2.05 bits per heavy atom. The van der Waals surface area contributed by atoms with Gasteiger partial charge in [0.15, 0.2) is 0 Å². The SMILES string of the molecule is CC(C)C[C@H](NC(=O)C1=CC2C[C@@]3(O)[C@H]4Cc5ccc(O)cc5[C@@]3(CCN4CC3CC3)CC2=NC1=O)C(N)=O. The number of aliphatic hydroxyl groups is 1. The van der Waals surface area contributed by atoms with Crippen LogP contribution in [-0.4, -0.2) is 69.3 Å². The first kappa shape index (κ1) is 26.2. The number of rotatable bonds is 7. The number of carbonyl (C=O) groups excluding carboxylic acids is 3. The minimum absolute atomic E-state index is 0.0981. The van der Waals surface area contributed by atoms with E-state index in [1.165, 1.54) is 12.8 Å². The summed E-state index contributed by atoms with van der Waals surface area (Å²) in [6.07, 6.45) is 6.58. The number of likely N-dealkylation sites (tertiary alicyclic amines) is 1. The number of primary amides is 1. The van der Waals surface area contributed by atoms with Crippen LogP contribution in [0, 0.1) is 17.8 Å². The van der Waals surface area contributed by atoms with Crippen LogP contribution < -0.4 is 11.1 Å². The van der Waals surface area contributed by atoms with E-state index in [-0.39, 0.29) is 29.2 Å². The van der Waals surface area contributed by atoms with Crippen LogP contribution in [0.3, 0.4) is 0 Å². The van der Waals surface area contributed by atoms with E-state index in [9.17, 15) is 24.6 Å². The van der Waals surface area contributed by atoms with Crippen LogP contribution in [0.1, 0.15) is 63.5 Å². The molecule has 5 N–H and O–H groups in total. The maximum Gasteiger partial charge on any atom is 0.282 e. The first-order valence-electron chi connectivity index (χ1n) is 14.2. The average Bonchev–Trinajstić information content (AvgIpc) is 3.68. The third-order valence-electron chi connectivity index (χ3n) is 9.74. The largest absolute Gasteiger partial charge is 0.508 e. The second-order valence-electron chi connectivity index (χ2n) is 12.8. The number of piperidine rings is 1. The lowest BCUT2D eigenvalue weighted by Crippen LogP contribution is -2.74. The van der Waals surface area contributed by atoms with Gasteiger partial charge in [0.2, 0.25) is 5.91 Å². The van der Waals surface area contributed by atoms with Gasteiger partial charge in [0.25, 0.3) is 11.8 Å². The predicted molar refractivity (Wildman–Crippen MR) is 145 cm³/mol. The van der Waals surface area contributed by atoms with E-state index in [4.69, 9.17) is 5.73 Å². The van der Waals surface area contributed by atoms with Crippen LogP contribution in [0.5, 0.6) is 5.75 Å². The molecule has 3 fully saturated rings. The van der Waals surface area contributed by atoms with E-state index in [0.29, 0.717) is 43.7 Å². The number of aromatic hydroxyl groups is 1. The Morgan fingerprint density at radius 1 is 1.28 bits per heavy atom. The van der Waals surface area contributed by atoms with E-state index in [2.05, 4.69) is 15.2 Å². The Hall–Kier alpha value is -3.04. The summed E-state index contributed by atoms with van der Waals surface area (Å²) in [6.45, 7) is 5.66. The van der Waals surface area contributed by atoms with Crippen molar-refractivity contribution in [3.05, 3.63) is 41.0 Å². The van der Waals surface area contributed by atoms with Crippen LogP contribution >= 0.6 is 0 Å². The summed E-state index contributed by atoms with van der Waals surface area (Å²) >= 11 is 0. The molecule has 208 valence electrons. The topological polar surface area (TPSA) is 145 Å². The van der Waals surface area contributed by atoms with Gasteiger partial charge in [-0.3, -0.25) is 19.3 Å². The van der Waals surface area contributed by atoms with Crippen LogP contribution in [0.25, 0.3) is 0 Å². The van der Waals surface area contributed by atoms with Crippen molar-refractivity contribution in [3.63, 3.8) is 0 Å². The van der Waals surface area contributed by atoms with Crippen molar-refractivity contribution in [3.8, 4) is 5.75 Å². The van der Waals surface area contributed by atoms with Gasteiger partial charge in [0, 0.05) is 29.6 Å². The predicted octanol–water partition coefficient (Wildman–Crippen LogP) is 1.74. The zero-order valence-corrected chi connectivity index (χ0v) is 22.7. The molecule has 0 spiro atoms. The Balaban J connectivity index is 1.35. The number of fused-ring (bicyclic) bond motifs is 2. The van der Waals surface area contributed by atoms with E-state index in [1.807, 2.05) is 19.9 Å². The second kappa shape index (κ2) is 9.27. The van der Waals surface area contributed by atoms with E-state index >= 15 is 0 Å². The molecule has 9 nitrogen and oxygen atoms in total. The molecular formula is C30H38N4O5. The number of phenolic OH excluding ortho intramolecular Hbond substituents is 1. The van der Waals surface area contributed by atoms with Crippen molar-refractivity contribution in [1.29, 1.82) is 0 Å². The van der Waals surface area contributed by atoms with Crippen molar-refractivity contribution in [2.45, 2.75) is 81.9 Å². The van der Waals surface area contributed by atoms with E-state index in [0.717, 1.165) is 24.2 Å². The summed E-state index contributed by atoms with van der Waals surface area (Å²) in [6, 6.07) is 4.48. The number of aliphatic imine (C=N–C) groups is 1. The Labute approximate surface area is 228 Å². The van der Waals surface area contributed by atoms with Gasteiger partial charge >= 0.3 is 0 Å². The van der Waals surface area contributed by atoms with Crippen LogP contribution in [0.4, 0.5) is 0 Å². The molecule has 5 aliphatic rings. The van der Waals surface area contributed by atoms with Gasteiger partial charge in [-0.25, -0.2) is 4.99 Å². The van der Waals surface area contributed by atoms with Crippen molar-refractivity contribution in [2.75, 3.05) is 13.1 Å². The maximum atomic E-state index is 13.1. The van der Waals surface area contributed by atoms with Gasteiger partial charge in [0.1, 0.15) is 17.4 Å². The molecular weight excluding hydrogens is 496 g/mol. The molecule has 1 aromatic rings. The Kier molecular flexibility index (Phi) is 6.22. The van der Waals surface area contributed by atoms with Gasteiger partial charge in [-0.15, -0.1) is 0 Å². The van der Waals surface area contributed by atoms with Crippen LogP contribution in [0.2, 0.25) is 0 Å². The zero-order chi connectivity index (χ0) is 27.7. The fourth-order valence-corrected chi connectivity index (χ4v) is 7.67. The molecule has 6 rings (SSSR count). The summed E-state index contributed by atoms with van der Waals surface area (Å²) < 4.78 is 0. The summed E-state index contributed by atoms with van der Waals surface area (Å²) in [5.41, 5.74) is 6.37. The van der Waals surface area contributed by atoms with Gasteiger partial charge < -0.3 is 21.3 Å². The lowest BCUT2D eigenvalue weighted by molar-refractivity contribution is -0.158. The minimum Gasteiger partial charge on any atom is -0.508 e. The highest BCUT2D eigenvalue weighted by Gasteiger charge is 2.66. The van der Waals surface area contributed by atoms with E-state index in [1.54, 1.807) is 18.2 Å². The van der Waals surface area contributed by atoms with Gasteiger partial charge in [-0.05, 0) is 86.6 Å². The molecule has 39 heavy (non-hydrogen) atoms. The lowest BCUT2D eigenvalue weighted by Gasteiger charge is -2.65. The number of phenols is 1. The first-order chi connectivity index (χ1) is 18.5. The molecule has 2 saturated carbocycles.